The largest absolute Gasteiger partial charge is 0.497 e. The Morgan fingerprint density at radius 2 is 1.88 bits per heavy atom. The minimum atomic E-state index is -0.640. The van der Waals surface area contributed by atoms with Gasteiger partial charge in [0.25, 0.3) is 5.56 Å². The second-order valence-electron chi connectivity index (χ2n) is 7.51. The van der Waals surface area contributed by atoms with Gasteiger partial charge >= 0.3 is 5.97 Å². The Morgan fingerprint density at radius 3 is 2.53 bits per heavy atom. The van der Waals surface area contributed by atoms with Crippen molar-refractivity contribution in [2.45, 2.75) is 19.9 Å². The maximum absolute atomic E-state index is 13.5. The number of hydrogen-bond acceptors (Lipinski definition) is 6. The van der Waals surface area contributed by atoms with Gasteiger partial charge in [-0.05, 0) is 55.3 Å². The van der Waals surface area contributed by atoms with Crippen molar-refractivity contribution in [3.8, 4) is 5.75 Å². The molecule has 0 bridgehead atoms. The maximum atomic E-state index is 13.5. The van der Waals surface area contributed by atoms with Crippen molar-refractivity contribution >= 4 is 45.4 Å². The third-order valence-corrected chi connectivity index (χ3v) is 6.88. The van der Waals surface area contributed by atoms with E-state index in [9.17, 15) is 9.59 Å². The Morgan fingerprint density at radius 1 is 1.18 bits per heavy atom. The zero-order chi connectivity index (χ0) is 24.2. The molecule has 4 rings (SSSR count). The molecule has 0 saturated carbocycles. The standard InChI is InChI=1S/C26H23BrN2O4S/c1-4-33-25(31)22-16(2)28-26-29(23(22)18-10-14-20(32-3)15-11-18)24(30)21(34-26)7-5-6-17-8-12-19(27)13-9-17/h5-15,23H,4H2,1-3H3/b6-5-,21-7?/t23-/m1/s1. The number of benzene rings is 2. The van der Waals surface area contributed by atoms with E-state index in [0.717, 1.165) is 15.6 Å². The van der Waals surface area contributed by atoms with E-state index in [4.69, 9.17) is 9.47 Å². The molecule has 3 aromatic rings. The molecule has 8 heteroatoms. The van der Waals surface area contributed by atoms with Crippen LogP contribution in [0.3, 0.4) is 0 Å². The van der Waals surface area contributed by atoms with Crippen LogP contribution in [0.25, 0.3) is 12.2 Å². The normalized spacial score (nSPS) is 15.9. The topological polar surface area (TPSA) is 69.9 Å². The van der Waals surface area contributed by atoms with Gasteiger partial charge in [-0.3, -0.25) is 9.36 Å². The minimum absolute atomic E-state index is 0.209. The molecule has 6 nitrogen and oxygen atoms in total. The number of hydrogen-bond donors (Lipinski definition) is 0. The van der Waals surface area contributed by atoms with Crippen LogP contribution in [0, 0.1) is 0 Å². The third kappa shape index (κ3) is 4.83. The molecule has 0 N–H and O–H groups in total. The lowest BCUT2D eigenvalue weighted by atomic mass is 9.96. The highest BCUT2D eigenvalue weighted by molar-refractivity contribution is 9.10. The van der Waals surface area contributed by atoms with Gasteiger partial charge in [-0.15, -0.1) is 0 Å². The number of thiazole rings is 1. The molecule has 2 aromatic carbocycles. The third-order valence-electron chi connectivity index (χ3n) is 5.35. The number of fused-ring (bicyclic) bond motifs is 1. The molecule has 0 unspecified atom stereocenters. The van der Waals surface area contributed by atoms with Gasteiger partial charge in [0.1, 0.15) is 5.75 Å². The summed E-state index contributed by atoms with van der Waals surface area (Å²) in [5.74, 6) is 0.210. The molecule has 1 aromatic heterocycles. The highest BCUT2D eigenvalue weighted by Crippen LogP contribution is 2.31. The van der Waals surface area contributed by atoms with Crippen molar-refractivity contribution in [3.05, 3.63) is 101 Å². The van der Waals surface area contributed by atoms with Crippen LogP contribution in [0.4, 0.5) is 0 Å². The number of methoxy groups -OCH3 is 1. The quantitative estimate of drug-likeness (QED) is 0.440. The van der Waals surface area contributed by atoms with Crippen LogP contribution < -0.4 is 19.6 Å². The van der Waals surface area contributed by atoms with Crippen LogP contribution in [0.1, 0.15) is 31.0 Å². The van der Waals surface area contributed by atoms with E-state index >= 15 is 0 Å². The lowest BCUT2D eigenvalue weighted by Gasteiger charge is -2.24. The summed E-state index contributed by atoms with van der Waals surface area (Å²) in [5, 5.41) is 0. The first-order chi connectivity index (χ1) is 16.4. The van der Waals surface area contributed by atoms with Crippen molar-refractivity contribution in [1.82, 2.24) is 4.57 Å². The molecule has 0 aliphatic carbocycles. The maximum Gasteiger partial charge on any atom is 0.338 e. The summed E-state index contributed by atoms with van der Waals surface area (Å²) in [5.41, 5.74) is 2.48. The van der Waals surface area contributed by atoms with E-state index in [1.807, 2.05) is 60.7 Å². The van der Waals surface area contributed by atoms with Gasteiger partial charge in [0.15, 0.2) is 4.80 Å². The molecule has 0 radical (unpaired) electrons. The molecule has 1 atom stereocenters. The number of aromatic nitrogens is 1. The smallest absolute Gasteiger partial charge is 0.338 e. The molecule has 1 aliphatic heterocycles. The van der Waals surface area contributed by atoms with Gasteiger partial charge < -0.3 is 9.47 Å². The average Bonchev–Trinajstić information content (AvgIpc) is 3.14. The van der Waals surface area contributed by atoms with E-state index in [2.05, 4.69) is 20.9 Å². The van der Waals surface area contributed by atoms with Gasteiger partial charge in [-0.25, -0.2) is 9.79 Å². The Labute approximate surface area is 209 Å². The fraction of sp³-hybridized carbons (Fsp3) is 0.192. The monoisotopic (exact) mass is 538 g/mol. The van der Waals surface area contributed by atoms with Gasteiger partial charge in [0, 0.05) is 4.47 Å². The molecular formula is C26H23BrN2O4S. The summed E-state index contributed by atoms with van der Waals surface area (Å²) >= 11 is 4.72. The molecule has 0 fully saturated rings. The summed E-state index contributed by atoms with van der Waals surface area (Å²) in [7, 11) is 1.59. The van der Waals surface area contributed by atoms with Crippen LogP contribution in [0.2, 0.25) is 0 Å². The van der Waals surface area contributed by atoms with Crippen LogP contribution in [0.15, 0.2) is 80.1 Å². The molecule has 0 saturated heterocycles. The molecular weight excluding hydrogens is 516 g/mol. The number of halogens is 1. The molecule has 0 amide bonds. The number of ether oxygens (including phenoxy) is 2. The fourth-order valence-electron chi connectivity index (χ4n) is 3.73. The number of esters is 1. The number of nitrogens with zero attached hydrogens (tertiary/aromatic N) is 2. The van der Waals surface area contributed by atoms with E-state index in [1.54, 1.807) is 31.6 Å². The van der Waals surface area contributed by atoms with E-state index in [0.29, 0.717) is 26.4 Å². The number of carbonyl (C=O) groups excluding carboxylic acids is 1. The Kier molecular flexibility index (Phi) is 7.29. The Bertz CT molecular complexity index is 1450. The average molecular weight is 539 g/mol. The Hall–Kier alpha value is -3.23. The Balaban J connectivity index is 1.83. The second kappa shape index (κ2) is 10.4. The first kappa shape index (κ1) is 23.9. The summed E-state index contributed by atoms with van der Waals surface area (Å²) in [4.78, 5) is 31.5. The fourth-order valence-corrected chi connectivity index (χ4v) is 4.99. The number of carbonyl (C=O) groups is 1. The number of rotatable bonds is 6. The minimum Gasteiger partial charge on any atom is -0.497 e. The highest BCUT2D eigenvalue weighted by atomic mass is 79.9. The zero-order valence-electron chi connectivity index (χ0n) is 18.9. The predicted octanol–water partition coefficient (Wildman–Crippen LogP) is 4.23. The van der Waals surface area contributed by atoms with Gasteiger partial charge in [-0.1, -0.05) is 63.7 Å². The lowest BCUT2D eigenvalue weighted by Crippen LogP contribution is -2.39. The molecule has 2 heterocycles. The molecule has 0 spiro atoms. The zero-order valence-corrected chi connectivity index (χ0v) is 21.4. The van der Waals surface area contributed by atoms with Gasteiger partial charge in [-0.2, -0.15) is 0 Å². The first-order valence-electron chi connectivity index (χ1n) is 10.7. The van der Waals surface area contributed by atoms with Crippen molar-refractivity contribution in [3.63, 3.8) is 0 Å². The van der Waals surface area contributed by atoms with Crippen LogP contribution in [-0.2, 0) is 9.53 Å². The second-order valence-corrected chi connectivity index (χ2v) is 9.43. The van der Waals surface area contributed by atoms with Crippen LogP contribution >= 0.6 is 27.3 Å². The first-order valence-corrected chi connectivity index (χ1v) is 12.3. The van der Waals surface area contributed by atoms with Gasteiger partial charge in [0.2, 0.25) is 0 Å². The SMILES string of the molecule is CCOC(=O)C1=C(C)N=c2sc(=C/C=C\c3ccc(Br)cc3)c(=O)n2[C@@H]1c1ccc(OC)cc1. The van der Waals surface area contributed by atoms with Crippen LogP contribution in [-0.4, -0.2) is 24.3 Å². The van der Waals surface area contributed by atoms with Gasteiger partial charge in [0.05, 0.1) is 35.6 Å². The molecule has 34 heavy (non-hydrogen) atoms. The van der Waals surface area contributed by atoms with Crippen molar-refractivity contribution in [2.24, 2.45) is 4.99 Å². The molecule has 174 valence electrons. The van der Waals surface area contributed by atoms with Crippen LogP contribution in [0.5, 0.6) is 5.75 Å². The predicted molar refractivity (Wildman–Crippen MR) is 137 cm³/mol. The molecule has 1 aliphatic rings. The van der Waals surface area contributed by atoms with E-state index in [-0.39, 0.29) is 12.2 Å². The van der Waals surface area contributed by atoms with E-state index in [1.165, 1.54) is 11.3 Å². The van der Waals surface area contributed by atoms with Crippen molar-refractivity contribution in [1.29, 1.82) is 0 Å². The summed E-state index contributed by atoms with van der Waals surface area (Å²) in [6.07, 6.45) is 5.55. The number of allylic oxidation sites excluding steroid dienone is 2. The van der Waals surface area contributed by atoms with E-state index < -0.39 is 12.0 Å². The highest BCUT2D eigenvalue weighted by Gasteiger charge is 2.33. The summed E-state index contributed by atoms with van der Waals surface area (Å²) in [6, 6.07) is 14.6. The summed E-state index contributed by atoms with van der Waals surface area (Å²) in [6.45, 7) is 3.76. The lowest BCUT2D eigenvalue weighted by molar-refractivity contribution is -0.139. The van der Waals surface area contributed by atoms with Crippen molar-refractivity contribution < 1.29 is 14.3 Å². The van der Waals surface area contributed by atoms with Crippen molar-refractivity contribution in [2.75, 3.05) is 13.7 Å². The summed E-state index contributed by atoms with van der Waals surface area (Å²) < 4.78 is 13.7.